The molecule has 2 aromatic carbocycles. The Morgan fingerprint density at radius 3 is 2.23 bits per heavy atom. The molecule has 1 saturated heterocycles. The van der Waals surface area contributed by atoms with Crippen LogP contribution in [0.2, 0.25) is 0 Å². The molecule has 1 fully saturated rings. The zero-order valence-electron chi connectivity index (χ0n) is 15.8. The summed E-state index contributed by atoms with van der Waals surface area (Å²) in [6.07, 6.45) is 0.356. The van der Waals surface area contributed by atoms with E-state index in [-0.39, 0.29) is 35.4 Å². The number of carbonyl (C=O) groups is 2. The Kier molecular flexibility index (Phi) is 5.67. The molecule has 3 rings (SSSR count). The molecule has 136 valence electrons. The molecule has 0 saturated carbocycles. The van der Waals surface area contributed by atoms with Crippen LogP contribution in [0.1, 0.15) is 42.1 Å². The lowest BCUT2D eigenvalue weighted by Gasteiger charge is -2.42. The summed E-state index contributed by atoms with van der Waals surface area (Å²) in [7, 11) is 2.07. The van der Waals surface area contributed by atoms with Gasteiger partial charge >= 0.3 is 0 Å². The van der Waals surface area contributed by atoms with E-state index in [1.807, 2.05) is 67.6 Å². The number of hydrogen-bond acceptors (Lipinski definition) is 3. The first-order valence-corrected chi connectivity index (χ1v) is 9.36. The number of carbonyl (C=O) groups excluding carboxylic acids is 2. The third-order valence-corrected chi connectivity index (χ3v) is 5.75. The van der Waals surface area contributed by atoms with E-state index >= 15 is 0 Å². The number of rotatable bonds is 5. The van der Waals surface area contributed by atoms with Crippen LogP contribution in [0.3, 0.4) is 0 Å². The number of nitrogens with zero attached hydrogens (tertiary/aromatic N) is 1. The van der Waals surface area contributed by atoms with Crippen molar-refractivity contribution in [3.8, 4) is 0 Å². The van der Waals surface area contributed by atoms with Crippen LogP contribution in [0, 0.1) is 11.8 Å². The maximum absolute atomic E-state index is 13.1. The highest BCUT2D eigenvalue weighted by Crippen LogP contribution is 2.38. The molecule has 1 aliphatic rings. The SMILES string of the molecule is CC1CN(C)C(C)C(C(CC(=O)c2ccccc2)c2ccccc2)C1=O. The summed E-state index contributed by atoms with van der Waals surface area (Å²) in [6, 6.07) is 19.5. The van der Waals surface area contributed by atoms with Gasteiger partial charge in [-0.2, -0.15) is 0 Å². The molecule has 0 N–H and O–H groups in total. The molecule has 1 heterocycles. The molecular formula is C23H27NO2. The molecule has 0 radical (unpaired) electrons. The maximum Gasteiger partial charge on any atom is 0.163 e. The highest BCUT2D eigenvalue weighted by Gasteiger charge is 2.42. The Balaban J connectivity index is 1.96. The van der Waals surface area contributed by atoms with Gasteiger partial charge in [0.25, 0.3) is 0 Å². The zero-order chi connectivity index (χ0) is 18.7. The standard InChI is InChI=1S/C23H27NO2/c1-16-15-24(3)17(2)22(23(16)26)20(18-10-6-4-7-11-18)14-21(25)19-12-8-5-9-13-19/h4-13,16-17,20,22H,14-15H2,1-3H3. The summed E-state index contributed by atoms with van der Waals surface area (Å²) in [5, 5.41) is 0. The third kappa shape index (κ3) is 3.78. The average Bonchev–Trinajstić information content (AvgIpc) is 2.67. The zero-order valence-corrected chi connectivity index (χ0v) is 15.8. The predicted octanol–water partition coefficient (Wildman–Crippen LogP) is 4.20. The highest BCUT2D eigenvalue weighted by molar-refractivity contribution is 5.97. The Morgan fingerprint density at radius 2 is 1.62 bits per heavy atom. The summed E-state index contributed by atoms with van der Waals surface area (Å²) >= 11 is 0. The van der Waals surface area contributed by atoms with Crippen LogP contribution in [0.4, 0.5) is 0 Å². The van der Waals surface area contributed by atoms with Gasteiger partial charge < -0.3 is 4.90 Å². The second kappa shape index (κ2) is 7.96. The monoisotopic (exact) mass is 349 g/mol. The second-order valence-corrected chi connectivity index (χ2v) is 7.52. The van der Waals surface area contributed by atoms with Crippen molar-refractivity contribution in [2.24, 2.45) is 11.8 Å². The van der Waals surface area contributed by atoms with Gasteiger partial charge in [0.15, 0.2) is 5.78 Å². The van der Waals surface area contributed by atoms with Crippen molar-refractivity contribution in [2.75, 3.05) is 13.6 Å². The minimum absolute atomic E-state index is 0.000704. The minimum Gasteiger partial charge on any atom is -0.302 e. The van der Waals surface area contributed by atoms with Crippen molar-refractivity contribution in [1.82, 2.24) is 4.90 Å². The predicted molar refractivity (Wildman–Crippen MR) is 104 cm³/mol. The summed E-state index contributed by atoms with van der Waals surface area (Å²) in [5.41, 5.74) is 1.79. The fraction of sp³-hybridized carbons (Fsp3) is 0.391. The summed E-state index contributed by atoms with van der Waals surface area (Å²) in [4.78, 5) is 28.2. The van der Waals surface area contributed by atoms with Crippen LogP contribution in [-0.2, 0) is 4.79 Å². The molecular weight excluding hydrogens is 322 g/mol. The Bertz CT molecular complexity index is 756. The second-order valence-electron chi connectivity index (χ2n) is 7.52. The van der Waals surface area contributed by atoms with Crippen molar-refractivity contribution in [2.45, 2.75) is 32.2 Å². The van der Waals surface area contributed by atoms with Crippen molar-refractivity contribution in [1.29, 1.82) is 0 Å². The van der Waals surface area contributed by atoms with Crippen LogP contribution in [-0.4, -0.2) is 36.1 Å². The number of ketones is 2. The van der Waals surface area contributed by atoms with Crippen molar-refractivity contribution >= 4 is 11.6 Å². The van der Waals surface area contributed by atoms with Crippen molar-refractivity contribution in [3.05, 3.63) is 71.8 Å². The van der Waals surface area contributed by atoms with Crippen LogP contribution in [0.5, 0.6) is 0 Å². The van der Waals surface area contributed by atoms with E-state index in [0.29, 0.717) is 12.0 Å². The summed E-state index contributed by atoms with van der Waals surface area (Å²) in [5.74, 6) is 0.111. The van der Waals surface area contributed by atoms with E-state index in [9.17, 15) is 9.59 Å². The van der Waals surface area contributed by atoms with Crippen molar-refractivity contribution < 1.29 is 9.59 Å². The molecule has 0 bridgehead atoms. The van der Waals surface area contributed by atoms with E-state index in [0.717, 1.165) is 12.1 Å². The van der Waals surface area contributed by atoms with Crippen LogP contribution in [0.15, 0.2) is 60.7 Å². The number of piperidine rings is 1. The van der Waals surface area contributed by atoms with Gasteiger partial charge in [0.1, 0.15) is 5.78 Å². The molecule has 0 aliphatic carbocycles. The average molecular weight is 349 g/mol. The molecule has 4 unspecified atom stereocenters. The summed E-state index contributed by atoms with van der Waals surface area (Å²) < 4.78 is 0. The highest BCUT2D eigenvalue weighted by atomic mass is 16.1. The van der Waals surface area contributed by atoms with Gasteiger partial charge in [0, 0.05) is 42.3 Å². The fourth-order valence-corrected chi connectivity index (χ4v) is 4.16. The molecule has 26 heavy (non-hydrogen) atoms. The Morgan fingerprint density at radius 1 is 1.04 bits per heavy atom. The molecule has 0 spiro atoms. The van der Waals surface area contributed by atoms with E-state index in [4.69, 9.17) is 0 Å². The van der Waals surface area contributed by atoms with E-state index in [1.165, 1.54) is 0 Å². The molecule has 2 aromatic rings. The fourth-order valence-electron chi connectivity index (χ4n) is 4.16. The minimum atomic E-state index is -0.168. The molecule has 0 amide bonds. The van der Waals surface area contributed by atoms with Gasteiger partial charge in [-0.15, -0.1) is 0 Å². The lowest BCUT2D eigenvalue weighted by molar-refractivity contribution is -0.133. The number of likely N-dealkylation sites (tertiary alicyclic amines) is 1. The third-order valence-electron chi connectivity index (χ3n) is 5.75. The number of Topliss-reactive ketones (excluding diaryl/α,β-unsaturated/α-hetero) is 2. The first-order valence-electron chi connectivity index (χ1n) is 9.36. The number of hydrogen-bond donors (Lipinski definition) is 0. The Labute approximate surface area is 156 Å². The van der Waals surface area contributed by atoms with Crippen LogP contribution < -0.4 is 0 Å². The van der Waals surface area contributed by atoms with Crippen LogP contribution >= 0.6 is 0 Å². The van der Waals surface area contributed by atoms with Gasteiger partial charge in [-0.1, -0.05) is 67.6 Å². The lowest BCUT2D eigenvalue weighted by atomic mass is 9.71. The van der Waals surface area contributed by atoms with Gasteiger partial charge in [-0.05, 0) is 19.5 Å². The van der Waals surface area contributed by atoms with Gasteiger partial charge in [-0.25, -0.2) is 0 Å². The van der Waals surface area contributed by atoms with Gasteiger partial charge in [-0.3, -0.25) is 9.59 Å². The topological polar surface area (TPSA) is 37.4 Å². The maximum atomic E-state index is 13.1. The molecule has 0 aromatic heterocycles. The quantitative estimate of drug-likeness (QED) is 0.759. The molecule has 4 atom stereocenters. The van der Waals surface area contributed by atoms with Gasteiger partial charge in [0.05, 0.1) is 0 Å². The Hall–Kier alpha value is -2.26. The van der Waals surface area contributed by atoms with E-state index in [1.54, 1.807) is 0 Å². The summed E-state index contributed by atoms with van der Waals surface area (Å²) in [6.45, 7) is 4.89. The molecule has 3 nitrogen and oxygen atoms in total. The largest absolute Gasteiger partial charge is 0.302 e. The molecule has 1 aliphatic heterocycles. The lowest BCUT2D eigenvalue weighted by Crippen LogP contribution is -2.52. The van der Waals surface area contributed by atoms with Gasteiger partial charge in [0.2, 0.25) is 0 Å². The first-order chi connectivity index (χ1) is 12.5. The normalized spacial score (nSPS) is 25.0. The van der Waals surface area contributed by atoms with Crippen LogP contribution in [0.25, 0.3) is 0 Å². The first kappa shape index (κ1) is 18.5. The van der Waals surface area contributed by atoms with Crippen molar-refractivity contribution in [3.63, 3.8) is 0 Å². The van der Waals surface area contributed by atoms with E-state index in [2.05, 4.69) is 18.9 Å². The smallest absolute Gasteiger partial charge is 0.163 e. The number of benzene rings is 2. The molecule has 3 heteroatoms. The van der Waals surface area contributed by atoms with E-state index < -0.39 is 0 Å².